The van der Waals surface area contributed by atoms with Crippen molar-refractivity contribution in [2.75, 3.05) is 5.32 Å². The summed E-state index contributed by atoms with van der Waals surface area (Å²) in [7, 11) is 0. The highest BCUT2D eigenvalue weighted by atomic mass is 79.9. The monoisotopic (exact) mass is 392 g/mol. The molecule has 1 amide bonds. The molecule has 0 saturated carbocycles. The fourth-order valence-corrected chi connectivity index (χ4v) is 2.55. The van der Waals surface area contributed by atoms with Gasteiger partial charge in [0.2, 0.25) is 0 Å². The predicted octanol–water partition coefficient (Wildman–Crippen LogP) is 3.87. The zero-order valence-electron chi connectivity index (χ0n) is 12.4. The van der Waals surface area contributed by atoms with E-state index in [4.69, 9.17) is 0 Å². The molecule has 0 fully saturated rings. The SMILES string of the molecule is Cc1c(C(=O)Nc2ccc(F)cc2F)nnn1-c1cccc(Br)c1. The third kappa shape index (κ3) is 3.18. The first-order valence-corrected chi connectivity index (χ1v) is 7.69. The van der Waals surface area contributed by atoms with Crippen molar-refractivity contribution in [3.63, 3.8) is 0 Å². The first kappa shape index (κ1) is 16.3. The molecular weight excluding hydrogens is 382 g/mol. The summed E-state index contributed by atoms with van der Waals surface area (Å²) in [5, 5.41) is 10.2. The lowest BCUT2D eigenvalue weighted by Crippen LogP contribution is -2.15. The molecule has 8 heteroatoms. The van der Waals surface area contributed by atoms with Gasteiger partial charge in [0.05, 0.1) is 17.1 Å². The summed E-state index contributed by atoms with van der Waals surface area (Å²) in [6.45, 7) is 1.68. The Morgan fingerprint density at radius 2 is 2.00 bits per heavy atom. The number of hydrogen-bond acceptors (Lipinski definition) is 3. The summed E-state index contributed by atoms with van der Waals surface area (Å²) >= 11 is 3.36. The Bertz CT molecular complexity index is 926. The Morgan fingerprint density at radius 3 is 2.71 bits per heavy atom. The van der Waals surface area contributed by atoms with Crippen LogP contribution in [0.5, 0.6) is 0 Å². The van der Waals surface area contributed by atoms with Gasteiger partial charge in [-0.25, -0.2) is 13.5 Å². The van der Waals surface area contributed by atoms with Gasteiger partial charge in [-0.15, -0.1) is 5.10 Å². The Morgan fingerprint density at radius 1 is 1.21 bits per heavy atom. The molecule has 0 unspecified atom stereocenters. The van der Waals surface area contributed by atoms with Crippen LogP contribution in [-0.2, 0) is 0 Å². The summed E-state index contributed by atoms with van der Waals surface area (Å²) < 4.78 is 28.9. The van der Waals surface area contributed by atoms with Crippen LogP contribution < -0.4 is 5.32 Å². The molecule has 0 bridgehead atoms. The number of carbonyl (C=O) groups is 1. The fraction of sp³-hybridized carbons (Fsp3) is 0.0625. The van der Waals surface area contributed by atoms with Crippen molar-refractivity contribution in [3.8, 4) is 5.69 Å². The van der Waals surface area contributed by atoms with Crippen LogP contribution in [-0.4, -0.2) is 20.9 Å². The summed E-state index contributed by atoms with van der Waals surface area (Å²) in [5.41, 5.74) is 1.14. The van der Waals surface area contributed by atoms with E-state index in [-0.39, 0.29) is 11.4 Å². The third-order valence-corrected chi connectivity index (χ3v) is 3.84. The Kier molecular flexibility index (Phi) is 4.39. The Labute approximate surface area is 144 Å². The second-order valence-corrected chi connectivity index (χ2v) is 5.91. The molecule has 122 valence electrons. The maximum Gasteiger partial charge on any atom is 0.278 e. The molecule has 5 nitrogen and oxygen atoms in total. The van der Waals surface area contributed by atoms with Crippen LogP contribution in [0.1, 0.15) is 16.2 Å². The molecule has 0 aliphatic heterocycles. The summed E-state index contributed by atoms with van der Waals surface area (Å²) in [4.78, 5) is 12.3. The minimum absolute atomic E-state index is 0.0544. The number of benzene rings is 2. The Hall–Kier alpha value is -2.61. The Balaban J connectivity index is 1.89. The average molecular weight is 393 g/mol. The molecule has 0 saturated heterocycles. The molecule has 0 aliphatic rings. The maximum atomic E-state index is 13.6. The van der Waals surface area contributed by atoms with E-state index in [2.05, 4.69) is 31.6 Å². The highest BCUT2D eigenvalue weighted by Crippen LogP contribution is 2.19. The van der Waals surface area contributed by atoms with Crippen molar-refractivity contribution in [3.05, 3.63) is 70.0 Å². The van der Waals surface area contributed by atoms with Crippen LogP contribution in [0.25, 0.3) is 5.69 Å². The zero-order chi connectivity index (χ0) is 17.3. The third-order valence-electron chi connectivity index (χ3n) is 3.34. The number of anilines is 1. The number of hydrogen-bond donors (Lipinski definition) is 1. The number of halogens is 3. The standard InChI is InChI=1S/C16H11BrF2N4O/c1-9-15(16(24)20-14-6-5-11(18)8-13(14)19)21-22-23(9)12-4-2-3-10(17)7-12/h2-8H,1H3,(H,20,24). The van der Waals surface area contributed by atoms with Gasteiger partial charge in [-0.05, 0) is 37.3 Å². The van der Waals surface area contributed by atoms with Gasteiger partial charge >= 0.3 is 0 Å². The van der Waals surface area contributed by atoms with Gasteiger partial charge in [0.25, 0.3) is 5.91 Å². The van der Waals surface area contributed by atoms with Crippen LogP contribution in [0.15, 0.2) is 46.9 Å². The minimum Gasteiger partial charge on any atom is -0.318 e. The largest absolute Gasteiger partial charge is 0.318 e. The smallest absolute Gasteiger partial charge is 0.278 e. The van der Waals surface area contributed by atoms with E-state index in [1.54, 1.807) is 6.92 Å². The second kappa shape index (κ2) is 6.48. The molecule has 0 radical (unpaired) electrons. The molecule has 1 aromatic heterocycles. The van der Waals surface area contributed by atoms with E-state index < -0.39 is 17.5 Å². The molecule has 1 heterocycles. The number of nitrogens with zero attached hydrogens (tertiary/aromatic N) is 3. The van der Waals surface area contributed by atoms with Gasteiger partial charge in [-0.3, -0.25) is 4.79 Å². The van der Waals surface area contributed by atoms with E-state index in [0.717, 1.165) is 22.3 Å². The molecule has 1 N–H and O–H groups in total. The molecular formula is C16H11BrF2N4O. The van der Waals surface area contributed by atoms with Crippen molar-refractivity contribution >= 4 is 27.5 Å². The van der Waals surface area contributed by atoms with Crippen LogP contribution >= 0.6 is 15.9 Å². The van der Waals surface area contributed by atoms with Gasteiger partial charge in [0.15, 0.2) is 5.69 Å². The van der Waals surface area contributed by atoms with E-state index in [9.17, 15) is 13.6 Å². The summed E-state index contributed by atoms with van der Waals surface area (Å²) in [6.07, 6.45) is 0. The van der Waals surface area contributed by atoms with E-state index in [1.165, 1.54) is 4.68 Å². The lowest BCUT2D eigenvalue weighted by molar-refractivity contribution is 0.102. The molecule has 2 aromatic carbocycles. The maximum absolute atomic E-state index is 13.6. The number of nitrogens with one attached hydrogen (secondary N) is 1. The topological polar surface area (TPSA) is 59.8 Å². The highest BCUT2D eigenvalue weighted by Gasteiger charge is 2.19. The first-order chi connectivity index (χ1) is 11.5. The van der Waals surface area contributed by atoms with Crippen molar-refractivity contribution < 1.29 is 13.6 Å². The molecule has 3 rings (SSSR count). The van der Waals surface area contributed by atoms with Crippen molar-refractivity contribution in [1.82, 2.24) is 15.0 Å². The summed E-state index contributed by atoms with van der Waals surface area (Å²) in [5.74, 6) is -2.21. The molecule has 0 atom stereocenters. The highest BCUT2D eigenvalue weighted by molar-refractivity contribution is 9.10. The number of aromatic nitrogens is 3. The number of carbonyl (C=O) groups excluding carboxylic acids is 1. The molecule has 0 spiro atoms. The van der Waals surface area contributed by atoms with Gasteiger partial charge in [0, 0.05) is 10.5 Å². The van der Waals surface area contributed by atoms with E-state index >= 15 is 0 Å². The van der Waals surface area contributed by atoms with Crippen LogP contribution in [0.4, 0.5) is 14.5 Å². The predicted molar refractivity (Wildman–Crippen MR) is 88.1 cm³/mol. The van der Waals surface area contributed by atoms with Gasteiger partial charge in [0.1, 0.15) is 11.6 Å². The van der Waals surface area contributed by atoms with Crippen molar-refractivity contribution in [1.29, 1.82) is 0 Å². The average Bonchev–Trinajstić information content (AvgIpc) is 2.92. The normalized spacial score (nSPS) is 10.7. The van der Waals surface area contributed by atoms with E-state index in [0.29, 0.717) is 11.8 Å². The van der Waals surface area contributed by atoms with E-state index in [1.807, 2.05) is 24.3 Å². The molecule has 3 aromatic rings. The van der Waals surface area contributed by atoms with Crippen molar-refractivity contribution in [2.24, 2.45) is 0 Å². The molecule has 24 heavy (non-hydrogen) atoms. The van der Waals surface area contributed by atoms with Crippen LogP contribution in [0.2, 0.25) is 0 Å². The lowest BCUT2D eigenvalue weighted by Gasteiger charge is -2.06. The second-order valence-electron chi connectivity index (χ2n) is 4.99. The number of amides is 1. The minimum atomic E-state index is -0.861. The van der Waals surface area contributed by atoms with Gasteiger partial charge in [-0.2, -0.15) is 0 Å². The quantitative estimate of drug-likeness (QED) is 0.735. The summed E-state index contributed by atoms with van der Waals surface area (Å²) in [6, 6.07) is 10.2. The van der Waals surface area contributed by atoms with Crippen molar-refractivity contribution in [2.45, 2.75) is 6.92 Å². The van der Waals surface area contributed by atoms with Gasteiger partial charge < -0.3 is 5.32 Å². The van der Waals surface area contributed by atoms with Crippen LogP contribution in [0.3, 0.4) is 0 Å². The lowest BCUT2D eigenvalue weighted by atomic mass is 10.2. The van der Waals surface area contributed by atoms with Crippen LogP contribution in [0, 0.1) is 18.6 Å². The van der Waals surface area contributed by atoms with Gasteiger partial charge in [-0.1, -0.05) is 27.2 Å². The first-order valence-electron chi connectivity index (χ1n) is 6.90. The zero-order valence-corrected chi connectivity index (χ0v) is 14.0. The molecule has 0 aliphatic carbocycles. The number of rotatable bonds is 3. The fourth-order valence-electron chi connectivity index (χ4n) is 2.16.